The number of primary amides is 1. The number of ether oxygens (including phenoxy) is 1. The number of nitrogen functional groups attached to an aromatic ring is 1. The van der Waals surface area contributed by atoms with E-state index in [1.165, 1.54) is 4.90 Å². The molecule has 6 heteroatoms. The quantitative estimate of drug-likeness (QED) is 0.522. The van der Waals surface area contributed by atoms with Gasteiger partial charge in [-0.2, -0.15) is 0 Å². The highest BCUT2D eigenvalue weighted by atomic mass is 16.6. The van der Waals surface area contributed by atoms with Crippen LogP contribution >= 0.6 is 0 Å². The molecule has 1 heterocycles. The molecule has 1 atom stereocenters. The summed E-state index contributed by atoms with van der Waals surface area (Å²) in [4.78, 5) is 23.7. The van der Waals surface area contributed by atoms with Crippen LogP contribution in [0.25, 0.3) is 0 Å². The second-order valence-corrected chi connectivity index (χ2v) is 4.00. The lowest BCUT2D eigenvalue weighted by molar-refractivity contribution is 0.161. The normalized spacial score (nSPS) is 17.7. The third kappa shape index (κ3) is 2.01. The van der Waals surface area contributed by atoms with Gasteiger partial charge in [-0.1, -0.05) is 0 Å². The van der Waals surface area contributed by atoms with Gasteiger partial charge < -0.3 is 16.2 Å². The van der Waals surface area contributed by atoms with Crippen molar-refractivity contribution in [3.05, 3.63) is 23.8 Å². The van der Waals surface area contributed by atoms with Gasteiger partial charge in [0, 0.05) is 11.7 Å². The minimum atomic E-state index is -1.11. The highest BCUT2D eigenvalue weighted by molar-refractivity contribution is 5.96. The van der Waals surface area contributed by atoms with E-state index in [9.17, 15) is 9.59 Å². The number of hydrogen-bond donors (Lipinski definition) is 2. The number of fused-ring (bicyclic) bond motifs is 1. The lowest BCUT2D eigenvalue weighted by atomic mass is 10.1. The molecule has 0 spiro atoms. The maximum atomic E-state index is 11.7. The SMILES string of the molecule is CC1Cc2cc(N)ccc2N1C(=O)OC(N)=O. The highest BCUT2D eigenvalue weighted by Crippen LogP contribution is 2.33. The first-order valence-corrected chi connectivity index (χ1v) is 5.18. The average molecular weight is 235 g/mol. The molecule has 17 heavy (non-hydrogen) atoms. The first-order valence-electron chi connectivity index (χ1n) is 5.18. The van der Waals surface area contributed by atoms with Crippen LogP contribution in [-0.2, 0) is 11.2 Å². The number of rotatable bonds is 0. The number of anilines is 2. The lowest BCUT2D eigenvalue weighted by Gasteiger charge is -2.20. The highest BCUT2D eigenvalue weighted by Gasteiger charge is 2.32. The fourth-order valence-corrected chi connectivity index (χ4v) is 2.06. The molecule has 1 aliphatic heterocycles. The topological polar surface area (TPSA) is 98.7 Å². The fourth-order valence-electron chi connectivity index (χ4n) is 2.06. The Kier molecular flexibility index (Phi) is 2.63. The van der Waals surface area contributed by atoms with E-state index in [0.29, 0.717) is 17.8 Å². The molecule has 1 aliphatic rings. The van der Waals surface area contributed by atoms with Crippen molar-refractivity contribution in [2.24, 2.45) is 5.73 Å². The van der Waals surface area contributed by atoms with Gasteiger partial charge in [0.1, 0.15) is 0 Å². The fraction of sp³-hybridized carbons (Fsp3) is 0.273. The molecular weight excluding hydrogens is 222 g/mol. The zero-order chi connectivity index (χ0) is 12.6. The van der Waals surface area contributed by atoms with E-state index in [1.54, 1.807) is 12.1 Å². The molecule has 0 bridgehead atoms. The second-order valence-electron chi connectivity index (χ2n) is 4.00. The lowest BCUT2D eigenvalue weighted by Crippen LogP contribution is -2.38. The summed E-state index contributed by atoms with van der Waals surface area (Å²) < 4.78 is 4.39. The Balaban J connectivity index is 2.31. The van der Waals surface area contributed by atoms with Crippen molar-refractivity contribution in [1.29, 1.82) is 0 Å². The minimum absolute atomic E-state index is 0.0846. The molecule has 6 nitrogen and oxygen atoms in total. The van der Waals surface area contributed by atoms with Crippen molar-refractivity contribution in [1.82, 2.24) is 0 Å². The Bertz CT molecular complexity index is 487. The Morgan fingerprint density at radius 1 is 1.47 bits per heavy atom. The summed E-state index contributed by atoms with van der Waals surface area (Å²) in [6.45, 7) is 1.86. The molecule has 4 N–H and O–H groups in total. The van der Waals surface area contributed by atoms with Crippen molar-refractivity contribution in [3.8, 4) is 0 Å². The number of carbonyl (C=O) groups excluding carboxylic acids is 2. The predicted molar refractivity (Wildman–Crippen MR) is 62.6 cm³/mol. The summed E-state index contributed by atoms with van der Waals surface area (Å²) in [6, 6.07) is 5.15. The van der Waals surface area contributed by atoms with Crippen LogP contribution in [0.15, 0.2) is 18.2 Å². The molecule has 2 rings (SSSR count). The van der Waals surface area contributed by atoms with Crippen LogP contribution in [-0.4, -0.2) is 18.2 Å². The maximum Gasteiger partial charge on any atom is 0.423 e. The summed E-state index contributed by atoms with van der Waals surface area (Å²) in [5, 5.41) is 0. The summed E-state index contributed by atoms with van der Waals surface area (Å²) in [5.74, 6) is 0. The van der Waals surface area contributed by atoms with Crippen molar-refractivity contribution in [2.45, 2.75) is 19.4 Å². The largest absolute Gasteiger partial charge is 0.423 e. The van der Waals surface area contributed by atoms with Crippen LogP contribution in [0.4, 0.5) is 21.0 Å². The van der Waals surface area contributed by atoms with E-state index in [2.05, 4.69) is 4.74 Å². The smallest absolute Gasteiger partial charge is 0.399 e. The molecule has 0 fully saturated rings. The standard InChI is InChI=1S/C11H13N3O3/c1-6-4-7-5-8(12)2-3-9(7)14(6)11(16)17-10(13)15/h2-3,5-6H,4,12H2,1H3,(H2,13,15). The third-order valence-corrected chi connectivity index (χ3v) is 2.70. The number of benzene rings is 1. The van der Waals surface area contributed by atoms with Crippen LogP contribution in [0.3, 0.4) is 0 Å². The van der Waals surface area contributed by atoms with Gasteiger partial charge in [-0.05, 0) is 37.1 Å². The van der Waals surface area contributed by atoms with Gasteiger partial charge in [-0.15, -0.1) is 0 Å². The van der Waals surface area contributed by atoms with Gasteiger partial charge in [0.15, 0.2) is 0 Å². The van der Waals surface area contributed by atoms with Gasteiger partial charge in [0.2, 0.25) is 0 Å². The van der Waals surface area contributed by atoms with E-state index in [1.807, 2.05) is 13.0 Å². The van der Waals surface area contributed by atoms with Crippen LogP contribution in [0.1, 0.15) is 12.5 Å². The molecule has 90 valence electrons. The molecule has 0 saturated heterocycles. The van der Waals surface area contributed by atoms with Crippen LogP contribution in [0, 0.1) is 0 Å². The number of carbonyl (C=O) groups is 2. The van der Waals surface area contributed by atoms with E-state index in [0.717, 1.165) is 5.56 Å². The summed E-state index contributed by atoms with van der Waals surface area (Å²) in [5.41, 5.74) is 12.8. The molecule has 0 radical (unpaired) electrons. The summed E-state index contributed by atoms with van der Waals surface area (Å²) in [6.07, 6.45) is -1.19. The van der Waals surface area contributed by atoms with E-state index in [4.69, 9.17) is 11.5 Å². The second kappa shape index (κ2) is 3.97. The summed E-state index contributed by atoms with van der Waals surface area (Å²) >= 11 is 0. The Morgan fingerprint density at radius 2 is 2.18 bits per heavy atom. The molecule has 1 unspecified atom stereocenters. The van der Waals surface area contributed by atoms with Gasteiger partial charge in [-0.3, -0.25) is 4.90 Å². The zero-order valence-corrected chi connectivity index (χ0v) is 9.34. The predicted octanol–water partition coefficient (Wildman–Crippen LogP) is 1.24. The third-order valence-electron chi connectivity index (χ3n) is 2.70. The Labute approximate surface area is 98.1 Å². The van der Waals surface area contributed by atoms with Crippen LogP contribution in [0.5, 0.6) is 0 Å². The monoisotopic (exact) mass is 235 g/mol. The molecule has 0 aromatic heterocycles. The van der Waals surface area contributed by atoms with Crippen molar-refractivity contribution in [2.75, 3.05) is 10.6 Å². The molecule has 1 aromatic rings. The number of amides is 2. The van der Waals surface area contributed by atoms with E-state index < -0.39 is 12.2 Å². The van der Waals surface area contributed by atoms with Crippen molar-refractivity contribution < 1.29 is 14.3 Å². The van der Waals surface area contributed by atoms with Crippen LogP contribution in [0.2, 0.25) is 0 Å². The van der Waals surface area contributed by atoms with E-state index in [-0.39, 0.29) is 6.04 Å². The number of nitrogens with zero attached hydrogens (tertiary/aromatic N) is 1. The van der Waals surface area contributed by atoms with Gasteiger partial charge in [0.05, 0.1) is 5.69 Å². The first kappa shape index (κ1) is 11.3. The summed E-state index contributed by atoms with van der Waals surface area (Å²) in [7, 11) is 0. The molecule has 0 aliphatic carbocycles. The van der Waals surface area contributed by atoms with E-state index >= 15 is 0 Å². The molecular formula is C11H13N3O3. The van der Waals surface area contributed by atoms with Gasteiger partial charge >= 0.3 is 12.2 Å². The number of nitrogens with two attached hydrogens (primary N) is 2. The number of hydrogen-bond acceptors (Lipinski definition) is 4. The minimum Gasteiger partial charge on any atom is -0.399 e. The molecule has 0 saturated carbocycles. The first-order chi connectivity index (χ1) is 7.99. The Morgan fingerprint density at radius 3 is 2.82 bits per heavy atom. The maximum absolute atomic E-state index is 11.7. The van der Waals surface area contributed by atoms with Crippen molar-refractivity contribution >= 4 is 23.6 Å². The average Bonchev–Trinajstić information content (AvgIpc) is 2.51. The molecule has 2 amide bonds. The van der Waals surface area contributed by atoms with Crippen molar-refractivity contribution in [3.63, 3.8) is 0 Å². The Hall–Kier alpha value is -2.24. The van der Waals surface area contributed by atoms with Gasteiger partial charge in [0.25, 0.3) is 0 Å². The van der Waals surface area contributed by atoms with Gasteiger partial charge in [-0.25, -0.2) is 9.59 Å². The zero-order valence-electron chi connectivity index (χ0n) is 9.34. The van der Waals surface area contributed by atoms with Crippen LogP contribution < -0.4 is 16.4 Å². The molecule has 1 aromatic carbocycles.